The van der Waals surface area contributed by atoms with E-state index in [1.54, 1.807) is 37.3 Å². The van der Waals surface area contributed by atoms with E-state index < -0.39 is 62.2 Å². The number of aliphatic hydroxyl groups excluding tert-OH is 1. The summed E-state index contributed by atoms with van der Waals surface area (Å²) in [6.07, 6.45) is -0.354. The van der Waals surface area contributed by atoms with Crippen molar-refractivity contribution >= 4 is 14.1 Å². The minimum atomic E-state index is -3.25. The molecule has 4 rings (SSSR count). The van der Waals surface area contributed by atoms with Crippen LogP contribution in [0.2, 0.25) is 0 Å². The zero-order valence-corrected chi connectivity index (χ0v) is 22.7. The van der Waals surface area contributed by atoms with Gasteiger partial charge in [-0.25, -0.2) is 9.18 Å². The van der Waals surface area contributed by atoms with Gasteiger partial charge in [-0.1, -0.05) is 30.0 Å². The minimum absolute atomic E-state index is 0.157. The van der Waals surface area contributed by atoms with Gasteiger partial charge in [0.25, 0.3) is 5.56 Å². The highest BCUT2D eigenvalue weighted by Gasteiger charge is 2.55. The third kappa shape index (κ3) is 6.67. The van der Waals surface area contributed by atoms with E-state index in [4.69, 9.17) is 18.8 Å². The number of rotatable bonds is 11. The van der Waals surface area contributed by atoms with Crippen LogP contribution >= 0.6 is 8.18 Å². The molecule has 6 atom stereocenters. The topological polar surface area (TPSA) is 149 Å². The molecule has 2 aliphatic rings. The van der Waals surface area contributed by atoms with Crippen LogP contribution < -0.4 is 15.8 Å². The molecule has 0 bridgehead atoms. The normalized spacial score (nSPS) is 26.9. The maximum absolute atomic E-state index is 15.6. The van der Waals surface area contributed by atoms with Crippen molar-refractivity contribution in [3.05, 3.63) is 63.4 Å². The SMILES string of the molecule is CCC(C(=O)OC1CCCC1)N(OC[C@H]1O[C@@H](n2ccc(=O)[nH]c2=O)[C@](C)(F)[C@@H]1O)[PH](=O)Oc1ccccc1. The zero-order valence-electron chi connectivity index (χ0n) is 21.7. The van der Waals surface area contributed by atoms with Crippen molar-refractivity contribution in [2.75, 3.05) is 6.61 Å². The fourth-order valence-electron chi connectivity index (χ4n) is 4.70. The summed E-state index contributed by atoms with van der Waals surface area (Å²) >= 11 is 0. The number of esters is 1. The lowest BCUT2D eigenvalue weighted by Crippen LogP contribution is -2.45. The van der Waals surface area contributed by atoms with Gasteiger partial charge in [-0.2, -0.15) is 0 Å². The Morgan fingerprint density at radius 1 is 1.28 bits per heavy atom. The summed E-state index contributed by atoms with van der Waals surface area (Å²) in [7, 11) is -3.25. The molecular weight excluding hydrogens is 536 g/mol. The van der Waals surface area contributed by atoms with Crippen molar-refractivity contribution in [2.24, 2.45) is 0 Å². The number of H-pyrrole nitrogens is 1. The number of aliphatic hydroxyl groups is 1. The van der Waals surface area contributed by atoms with Gasteiger partial charge in [0.15, 0.2) is 11.9 Å². The van der Waals surface area contributed by atoms with Crippen LogP contribution in [0.5, 0.6) is 5.75 Å². The number of aromatic nitrogens is 2. The first-order valence-electron chi connectivity index (χ1n) is 12.8. The molecule has 1 aliphatic heterocycles. The maximum atomic E-state index is 15.6. The van der Waals surface area contributed by atoms with Gasteiger partial charge >= 0.3 is 19.8 Å². The standard InChI is InChI=1S/C25H33FN3O9P/c1-3-18(22(32)36-16-9-7-8-10-16)29(39(34)38-17-11-5-4-6-12-17)35-15-19-21(31)25(2,26)23(37-19)28-14-13-20(30)27-24(28)33/h4-6,11-14,16,18-19,21,23,31,39H,3,7-10,15H2,1-2H3,(H,27,30,33)/t18?,19-,21-,23-,25-/m1/s1. The van der Waals surface area contributed by atoms with E-state index in [0.717, 1.165) is 54.3 Å². The average Bonchev–Trinajstić information content (AvgIpc) is 3.48. The van der Waals surface area contributed by atoms with Crippen molar-refractivity contribution in [2.45, 2.75) is 82.2 Å². The van der Waals surface area contributed by atoms with Crippen LogP contribution in [0, 0.1) is 0 Å². The summed E-state index contributed by atoms with van der Waals surface area (Å²) in [5, 5.41) is 10.7. The lowest BCUT2D eigenvalue weighted by atomic mass is 9.98. The number of hydrogen-bond acceptors (Lipinski definition) is 9. The molecule has 2 fully saturated rings. The Morgan fingerprint density at radius 3 is 2.62 bits per heavy atom. The summed E-state index contributed by atoms with van der Waals surface area (Å²) in [6, 6.07) is 8.20. The number of halogens is 1. The molecule has 2 heterocycles. The Kier molecular flexibility index (Phi) is 9.39. The number of carbonyl (C=O) groups excluding carboxylic acids is 1. The van der Waals surface area contributed by atoms with Gasteiger partial charge in [0.05, 0.1) is 6.61 Å². The molecule has 1 aromatic carbocycles. The third-order valence-corrected chi connectivity index (χ3v) is 8.06. The lowest BCUT2D eigenvalue weighted by molar-refractivity contribution is -0.186. The molecule has 0 radical (unpaired) electrons. The number of nitrogens with zero attached hydrogens (tertiary/aromatic N) is 2. The van der Waals surface area contributed by atoms with E-state index in [-0.39, 0.29) is 18.3 Å². The molecule has 2 unspecified atom stereocenters. The summed E-state index contributed by atoms with van der Waals surface area (Å²) in [5.41, 5.74) is -4.06. The van der Waals surface area contributed by atoms with Crippen LogP contribution in [0.3, 0.4) is 0 Å². The Morgan fingerprint density at radius 2 is 1.97 bits per heavy atom. The molecule has 12 nitrogen and oxygen atoms in total. The first kappa shape index (κ1) is 29.2. The van der Waals surface area contributed by atoms with Crippen LogP contribution in [0.4, 0.5) is 4.39 Å². The number of nitrogens with one attached hydrogen (secondary N) is 1. The van der Waals surface area contributed by atoms with Crippen LogP contribution in [0.25, 0.3) is 0 Å². The quantitative estimate of drug-likeness (QED) is 0.235. The van der Waals surface area contributed by atoms with E-state index in [9.17, 15) is 24.1 Å². The Hall–Kier alpha value is -2.83. The number of hydroxylamine groups is 1. The van der Waals surface area contributed by atoms with Crippen LogP contribution in [-0.2, 0) is 23.7 Å². The zero-order chi connectivity index (χ0) is 28.2. The number of alkyl halides is 1. The molecule has 39 heavy (non-hydrogen) atoms. The molecule has 0 spiro atoms. The summed E-state index contributed by atoms with van der Waals surface area (Å²) in [6.45, 7) is 2.20. The Labute approximate surface area is 224 Å². The number of hydrogen-bond donors (Lipinski definition) is 2. The molecule has 1 aliphatic carbocycles. The highest BCUT2D eigenvalue weighted by atomic mass is 31.1. The number of ether oxygens (including phenoxy) is 2. The second kappa shape index (κ2) is 12.6. The highest BCUT2D eigenvalue weighted by Crippen LogP contribution is 2.42. The van der Waals surface area contributed by atoms with E-state index >= 15 is 4.39 Å². The smallest absolute Gasteiger partial charge is 0.331 e. The van der Waals surface area contributed by atoms with Crippen molar-refractivity contribution in [1.82, 2.24) is 14.4 Å². The first-order chi connectivity index (χ1) is 18.6. The molecule has 1 saturated carbocycles. The predicted octanol–water partition coefficient (Wildman–Crippen LogP) is 2.49. The van der Waals surface area contributed by atoms with Gasteiger partial charge in [-0.3, -0.25) is 28.5 Å². The lowest BCUT2D eigenvalue weighted by Gasteiger charge is -2.29. The number of benzene rings is 1. The highest BCUT2D eigenvalue weighted by molar-refractivity contribution is 7.36. The van der Waals surface area contributed by atoms with Crippen molar-refractivity contribution in [1.29, 1.82) is 0 Å². The van der Waals surface area contributed by atoms with Crippen molar-refractivity contribution in [3.8, 4) is 5.75 Å². The molecule has 214 valence electrons. The van der Waals surface area contributed by atoms with Gasteiger partial charge in [0.1, 0.15) is 30.1 Å². The van der Waals surface area contributed by atoms with Gasteiger partial charge < -0.3 is 19.1 Å². The largest absolute Gasteiger partial charge is 0.461 e. The fraction of sp³-hybridized carbons (Fsp3) is 0.560. The maximum Gasteiger partial charge on any atom is 0.331 e. The fourth-order valence-corrected chi connectivity index (χ4v) is 5.85. The van der Waals surface area contributed by atoms with Crippen molar-refractivity contribution in [3.63, 3.8) is 0 Å². The summed E-state index contributed by atoms with van der Waals surface area (Å²) in [5.74, 6) is -0.361. The molecule has 1 saturated heterocycles. The monoisotopic (exact) mass is 569 g/mol. The molecule has 2 aromatic rings. The van der Waals surface area contributed by atoms with E-state index in [2.05, 4.69) is 0 Å². The van der Waals surface area contributed by atoms with Gasteiger partial charge in [0.2, 0.25) is 0 Å². The molecule has 0 amide bonds. The second-order valence-electron chi connectivity index (χ2n) is 9.71. The Balaban J connectivity index is 1.53. The summed E-state index contributed by atoms with van der Waals surface area (Å²) < 4.78 is 46.6. The van der Waals surface area contributed by atoms with Crippen molar-refractivity contribution < 1.29 is 37.7 Å². The van der Waals surface area contributed by atoms with E-state index in [0.29, 0.717) is 0 Å². The summed E-state index contributed by atoms with van der Waals surface area (Å²) in [4.78, 5) is 45.4. The molecular formula is C25H33FN3O9P. The van der Waals surface area contributed by atoms with Crippen LogP contribution in [0.1, 0.15) is 52.2 Å². The van der Waals surface area contributed by atoms with E-state index in [1.165, 1.54) is 0 Å². The minimum Gasteiger partial charge on any atom is -0.461 e. The Bertz CT molecular complexity index is 1270. The van der Waals surface area contributed by atoms with Gasteiger partial charge in [-0.15, -0.1) is 0 Å². The third-order valence-electron chi connectivity index (χ3n) is 6.85. The van der Waals surface area contributed by atoms with E-state index in [1.807, 2.05) is 4.98 Å². The average molecular weight is 570 g/mol. The molecule has 14 heteroatoms. The predicted molar refractivity (Wildman–Crippen MR) is 137 cm³/mol. The van der Waals surface area contributed by atoms with Crippen LogP contribution in [-0.4, -0.2) is 62.1 Å². The number of carbonyl (C=O) groups is 1. The first-order valence-corrected chi connectivity index (χ1v) is 14.1. The van der Waals surface area contributed by atoms with Crippen LogP contribution in [0.15, 0.2) is 52.2 Å². The van der Waals surface area contributed by atoms with Gasteiger partial charge in [0, 0.05) is 12.3 Å². The second-order valence-corrected chi connectivity index (χ2v) is 10.9. The number of para-hydroxylation sites is 1. The molecule has 2 N–H and O–H groups in total. The van der Waals surface area contributed by atoms with Gasteiger partial charge in [-0.05, 0) is 51.2 Å². The molecule has 1 aromatic heterocycles. The number of aromatic amines is 1.